The van der Waals surface area contributed by atoms with E-state index in [2.05, 4.69) is 14.7 Å². The van der Waals surface area contributed by atoms with Crippen LogP contribution in [0.3, 0.4) is 0 Å². The van der Waals surface area contributed by atoms with E-state index < -0.39 is 0 Å². The topological polar surface area (TPSA) is 47.1 Å². The summed E-state index contributed by atoms with van der Waals surface area (Å²) in [5.74, 6) is 0.796. The van der Waals surface area contributed by atoms with Gasteiger partial charge in [0.2, 0.25) is 0 Å². The molecule has 92 valence electrons. The first kappa shape index (κ1) is 9.95. The van der Waals surface area contributed by atoms with Gasteiger partial charge < -0.3 is 5.73 Å². The summed E-state index contributed by atoms with van der Waals surface area (Å²) in [7, 11) is 0. The molecule has 2 fully saturated rings. The lowest BCUT2D eigenvalue weighted by molar-refractivity contribution is 0.0882. The number of hydrogen-bond donors (Lipinski definition) is 1. The van der Waals surface area contributed by atoms with Gasteiger partial charge in [-0.25, -0.2) is 0 Å². The van der Waals surface area contributed by atoms with Crippen LogP contribution >= 0.6 is 0 Å². The molecule has 17 heavy (non-hydrogen) atoms. The molecule has 2 heterocycles. The Morgan fingerprint density at radius 1 is 1.06 bits per heavy atom. The van der Waals surface area contributed by atoms with E-state index in [0.717, 1.165) is 18.3 Å². The largest absolute Gasteiger partial charge is 0.382 e. The Balaban J connectivity index is 1.57. The van der Waals surface area contributed by atoms with Crippen molar-refractivity contribution in [2.24, 2.45) is 0 Å². The number of nitrogen functional groups attached to an aromatic ring is 1. The van der Waals surface area contributed by atoms with E-state index in [1.54, 1.807) is 0 Å². The molecule has 1 aromatic heterocycles. The minimum atomic E-state index is 0.597. The molecule has 0 bridgehead atoms. The average Bonchev–Trinajstić information content (AvgIpc) is 3.05. The number of aromatic nitrogens is 2. The molecule has 4 heteroatoms. The van der Waals surface area contributed by atoms with Crippen LogP contribution in [0, 0.1) is 0 Å². The summed E-state index contributed by atoms with van der Waals surface area (Å²) in [6.45, 7) is 2.39. The molecule has 1 saturated carbocycles. The van der Waals surface area contributed by atoms with Gasteiger partial charge in [0.1, 0.15) is 5.82 Å². The fourth-order valence-electron chi connectivity index (χ4n) is 3.34. The fraction of sp³-hybridized carbons (Fsp3) is 0.769. The van der Waals surface area contributed by atoms with Gasteiger partial charge in [0, 0.05) is 30.4 Å². The van der Waals surface area contributed by atoms with Crippen LogP contribution in [-0.2, 0) is 12.8 Å². The Hall–Kier alpha value is -1.03. The van der Waals surface area contributed by atoms with E-state index >= 15 is 0 Å². The molecule has 0 unspecified atom stereocenters. The number of rotatable bonds is 2. The third-order valence-corrected chi connectivity index (χ3v) is 4.54. The van der Waals surface area contributed by atoms with Crippen LogP contribution in [0.15, 0.2) is 0 Å². The molecule has 0 radical (unpaired) electrons. The van der Waals surface area contributed by atoms with Crippen molar-refractivity contribution in [1.29, 1.82) is 0 Å². The summed E-state index contributed by atoms with van der Waals surface area (Å²) in [5, 5.41) is 4.60. The van der Waals surface area contributed by atoms with Crippen LogP contribution < -0.4 is 5.73 Å². The minimum Gasteiger partial charge on any atom is -0.382 e. The number of fused-ring (bicyclic) bond motifs is 1. The highest BCUT2D eigenvalue weighted by atomic mass is 15.4. The maximum atomic E-state index is 6.04. The highest BCUT2D eigenvalue weighted by molar-refractivity contribution is 5.44. The van der Waals surface area contributed by atoms with Crippen molar-refractivity contribution >= 4 is 5.82 Å². The lowest BCUT2D eigenvalue weighted by Gasteiger charge is -2.40. The third-order valence-electron chi connectivity index (χ3n) is 4.54. The fourth-order valence-corrected chi connectivity index (χ4v) is 3.34. The van der Waals surface area contributed by atoms with Crippen LogP contribution in [0.2, 0.25) is 0 Å². The lowest BCUT2D eigenvalue weighted by atomic mass is 9.96. The van der Waals surface area contributed by atoms with Gasteiger partial charge in [-0.2, -0.15) is 5.10 Å². The lowest BCUT2D eigenvalue weighted by Crippen LogP contribution is -2.49. The Morgan fingerprint density at radius 3 is 2.59 bits per heavy atom. The van der Waals surface area contributed by atoms with E-state index in [1.807, 2.05) is 0 Å². The molecule has 2 aliphatic carbocycles. The Labute approximate surface area is 102 Å². The van der Waals surface area contributed by atoms with Crippen molar-refractivity contribution in [1.82, 2.24) is 14.7 Å². The van der Waals surface area contributed by atoms with Gasteiger partial charge >= 0.3 is 0 Å². The van der Waals surface area contributed by atoms with Crippen LogP contribution in [-0.4, -0.2) is 33.8 Å². The zero-order chi connectivity index (χ0) is 11.4. The molecule has 0 atom stereocenters. The van der Waals surface area contributed by atoms with Crippen LogP contribution in [0.4, 0.5) is 5.82 Å². The van der Waals surface area contributed by atoms with E-state index in [-0.39, 0.29) is 0 Å². The Kier molecular flexibility index (Phi) is 2.04. The normalized spacial score (nSPS) is 25.6. The standard InChI is InChI=1S/C13H20N4/c14-13-11-3-1-2-4-12(11)17(15-13)10-7-16(8-10)9-5-6-9/h9-10H,1-8H2,(H2,14,15). The van der Waals surface area contributed by atoms with Gasteiger partial charge in [-0.3, -0.25) is 9.58 Å². The Morgan fingerprint density at radius 2 is 1.82 bits per heavy atom. The second-order valence-corrected chi connectivity index (χ2v) is 5.80. The van der Waals surface area contributed by atoms with Gasteiger partial charge in [0.15, 0.2) is 0 Å². The molecule has 1 aromatic rings. The second kappa shape index (κ2) is 3.48. The quantitative estimate of drug-likeness (QED) is 0.837. The molecule has 2 N–H and O–H groups in total. The zero-order valence-electron chi connectivity index (χ0n) is 10.2. The number of anilines is 1. The third kappa shape index (κ3) is 1.50. The van der Waals surface area contributed by atoms with Gasteiger partial charge in [-0.1, -0.05) is 0 Å². The molecular formula is C13H20N4. The molecule has 3 aliphatic rings. The van der Waals surface area contributed by atoms with Crippen LogP contribution in [0.25, 0.3) is 0 Å². The second-order valence-electron chi connectivity index (χ2n) is 5.80. The van der Waals surface area contributed by atoms with Crippen molar-refractivity contribution in [2.45, 2.75) is 50.6 Å². The van der Waals surface area contributed by atoms with E-state index in [0.29, 0.717) is 6.04 Å². The highest BCUT2D eigenvalue weighted by Gasteiger charge is 2.40. The predicted octanol–water partition coefficient (Wildman–Crippen LogP) is 1.36. The highest BCUT2D eigenvalue weighted by Crippen LogP contribution is 2.37. The number of hydrogen-bond acceptors (Lipinski definition) is 3. The van der Waals surface area contributed by atoms with E-state index in [9.17, 15) is 0 Å². The van der Waals surface area contributed by atoms with Crippen LogP contribution in [0.5, 0.6) is 0 Å². The van der Waals surface area contributed by atoms with Gasteiger partial charge in [-0.05, 0) is 38.5 Å². The van der Waals surface area contributed by atoms with Gasteiger partial charge in [-0.15, -0.1) is 0 Å². The molecule has 0 amide bonds. The van der Waals surface area contributed by atoms with Crippen molar-refractivity contribution in [3.05, 3.63) is 11.3 Å². The van der Waals surface area contributed by atoms with Gasteiger partial charge in [0.25, 0.3) is 0 Å². The maximum absolute atomic E-state index is 6.04. The van der Waals surface area contributed by atoms with Crippen molar-refractivity contribution in [3.63, 3.8) is 0 Å². The molecular weight excluding hydrogens is 212 g/mol. The maximum Gasteiger partial charge on any atom is 0.148 e. The zero-order valence-corrected chi connectivity index (χ0v) is 10.2. The summed E-state index contributed by atoms with van der Waals surface area (Å²) < 4.78 is 2.25. The summed E-state index contributed by atoms with van der Waals surface area (Å²) in [6.07, 6.45) is 7.72. The summed E-state index contributed by atoms with van der Waals surface area (Å²) >= 11 is 0. The summed E-state index contributed by atoms with van der Waals surface area (Å²) in [4.78, 5) is 2.59. The van der Waals surface area contributed by atoms with Crippen molar-refractivity contribution in [2.75, 3.05) is 18.8 Å². The number of nitrogens with zero attached hydrogens (tertiary/aromatic N) is 3. The summed E-state index contributed by atoms with van der Waals surface area (Å²) in [5.41, 5.74) is 8.83. The van der Waals surface area contributed by atoms with E-state index in [1.165, 1.54) is 56.5 Å². The number of likely N-dealkylation sites (tertiary alicyclic amines) is 1. The first-order chi connectivity index (χ1) is 8.33. The van der Waals surface area contributed by atoms with Crippen molar-refractivity contribution < 1.29 is 0 Å². The summed E-state index contributed by atoms with van der Waals surface area (Å²) in [6, 6.07) is 1.50. The number of nitrogens with two attached hydrogens (primary N) is 1. The molecule has 4 rings (SSSR count). The first-order valence-electron chi connectivity index (χ1n) is 6.92. The van der Waals surface area contributed by atoms with Gasteiger partial charge in [0.05, 0.1) is 6.04 Å². The Bertz CT molecular complexity index is 441. The monoisotopic (exact) mass is 232 g/mol. The molecule has 1 saturated heterocycles. The molecule has 0 spiro atoms. The molecule has 0 aromatic carbocycles. The molecule has 4 nitrogen and oxygen atoms in total. The predicted molar refractivity (Wildman–Crippen MR) is 66.9 cm³/mol. The van der Waals surface area contributed by atoms with Crippen LogP contribution in [0.1, 0.15) is 43.0 Å². The molecule has 1 aliphatic heterocycles. The SMILES string of the molecule is Nc1nn(C2CN(C3CC3)C2)c2c1CCCC2. The smallest absolute Gasteiger partial charge is 0.148 e. The van der Waals surface area contributed by atoms with E-state index in [4.69, 9.17) is 5.73 Å². The first-order valence-corrected chi connectivity index (χ1v) is 6.92. The minimum absolute atomic E-state index is 0.597. The van der Waals surface area contributed by atoms with Crippen molar-refractivity contribution in [3.8, 4) is 0 Å². The average molecular weight is 232 g/mol.